The standard InChI is InChI=1S/C23H23BrCl2N2O3/c1-2-29-21-13-17(14-27-9-10-30-22-5-3-4-8-28-22)11-18(24)23(21)31-15-16-6-7-19(25)20(26)12-16/h3-8,11-13,27H,2,9-10,14-15H2,1H3. The zero-order chi connectivity index (χ0) is 22.1. The second-order valence-corrected chi connectivity index (χ2v) is 8.24. The largest absolute Gasteiger partial charge is 0.490 e. The first-order valence-electron chi connectivity index (χ1n) is 9.83. The number of benzene rings is 2. The first-order valence-corrected chi connectivity index (χ1v) is 11.4. The summed E-state index contributed by atoms with van der Waals surface area (Å²) >= 11 is 15.7. The van der Waals surface area contributed by atoms with Crippen molar-refractivity contribution >= 4 is 39.1 Å². The molecule has 0 atom stereocenters. The van der Waals surface area contributed by atoms with Gasteiger partial charge in [0.15, 0.2) is 11.5 Å². The van der Waals surface area contributed by atoms with E-state index in [1.807, 2.05) is 43.3 Å². The van der Waals surface area contributed by atoms with E-state index in [4.69, 9.17) is 37.4 Å². The van der Waals surface area contributed by atoms with Crippen molar-refractivity contribution in [1.29, 1.82) is 0 Å². The van der Waals surface area contributed by atoms with E-state index in [1.165, 1.54) is 0 Å². The maximum Gasteiger partial charge on any atom is 0.213 e. The normalized spacial score (nSPS) is 10.7. The molecule has 1 heterocycles. The van der Waals surface area contributed by atoms with Gasteiger partial charge in [0.25, 0.3) is 0 Å². The van der Waals surface area contributed by atoms with Gasteiger partial charge < -0.3 is 19.5 Å². The van der Waals surface area contributed by atoms with Crippen LogP contribution in [0.25, 0.3) is 0 Å². The van der Waals surface area contributed by atoms with E-state index >= 15 is 0 Å². The van der Waals surface area contributed by atoms with Gasteiger partial charge in [0, 0.05) is 25.4 Å². The van der Waals surface area contributed by atoms with Gasteiger partial charge in [-0.3, -0.25) is 0 Å². The predicted molar refractivity (Wildman–Crippen MR) is 128 cm³/mol. The molecular formula is C23H23BrCl2N2O3. The molecule has 5 nitrogen and oxygen atoms in total. The molecule has 2 aromatic carbocycles. The molecule has 0 aliphatic heterocycles. The number of halogens is 3. The molecule has 1 N–H and O–H groups in total. The maximum absolute atomic E-state index is 6.09. The van der Waals surface area contributed by atoms with E-state index in [-0.39, 0.29) is 0 Å². The third-order valence-electron chi connectivity index (χ3n) is 4.23. The number of nitrogens with zero attached hydrogens (tertiary/aromatic N) is 1. The lowest BCUT2D eigenvalue weighted by atomic mass is 10.2. The van der Waals surface area contributed by atoms with Crippen LogP contribution < -0.4 is 19.5 Å². The molecule has 0 unspecified atom stereocenters. The van der Waals surface area contributed by atoms with Crippen molar-refractivity contribution < 1.29 is 14.2 Å². The average Bonchev–Trinajstić information content (AvgIpc) is 2.76. The minimum absolute atomic E-state index is 0.345. The molecular weight excluding hydrogens is 503 g/mol. The average molecular weight is 526 g/mol. The predicted octanol–water partition coefficient (Wildman–Crippen LogP) is 6.30. The molecule has 8 heteroatoms. The quantitative estimate of drug-likeness (QED) is 0.298. The monoisotopic (exact) mass is 524 g/mol. The highest BCUT2D eigenvalue weighted by Crippen LogP contribution is 2.37. The van der Waals surface area contributed by atoms with Crippen LogP contribution in [0.15, 0.2) is 59.2 Å². The molecule has 0 radical (unpaired) electrons. The van der Waals surface area contributed by atoms with Crippen LogP contribution >= 0.6 is 39.1 Å². The van der Waals surface area contributed by atoms with Gasteiger partial charge in [-0.15, -0.1) is 0 Å². The molecule has 3 aromatic rings. The number of rotatable bonds is 11. The van der Waals surface area contributed by atoms with E-state index in [9.17, 15) is 0 Å². The molecule has 164 valence electrons. The maximum atomic E-state index is 6.09. The summed E-state index contributed by atoms with van der Waals surface area (Å²) in [4.78, 5) is 4.14. The molecule has 0 fully saturated rings. The summed E-state index contributed by atoms with van der Waals surface area (Å²) < 4.78 is 18.3. The first kappa shape index (κ1) is 23.7. The van der Waals surface area contributed by atoms with Crippen LogP contribution in [-0.2, 0) is 13.2 Å². The van der Waals surface area contributed by atoms with Crippen LogP contribution in [0.3, 0.4) is 0 Å². The van der Waals surface area contributed by atoms with E-state index in [0.717, 1.165) is 15.6 Å². The molecule has 3 rings (SSSR count). The van der Waals surface area contributed by atoms with Crippen molar-refractivity contribution in [2.45, 2.75) is 20.1 Å². The molecule has 0 saturated heterocycles. The fourth-order valence-electron chi connectivity index (χ4n) is 2.80. The Labute approximate surface area is 200 Å². The van der Waals surface area contributed by atoms with Gasteiger partial charge in [0.1, 0.15) is 13.2 Å². The SMILES string of the molecule is CCOc1cc(CNCCOc2ccccn2)cc(Br)c1OCc1ccc(Cl)c(Cl)c1. The van der Waals surface area contributed by atoms with Crippen LogP contribution in [0.5, 0.6) is 17.4 Å². The van der Waals surface area contributed by atoms with Crippen LogP contribution in [0.2, 0.25) is 10.0 Å². The number of pyridine rings is 1. The summed E-state index contributed by atoms with van der Waals surface area (Å²) in [6.45, 7) is 4.70. The second-order valence-electron chi connectivity index (χ2n) is 6.57. The van der Waals surface area contributed by atoms with Gasteiger partial charge in [0.05, 0.1) is 21.1 Å². The van der Waals surface area contributed by atoms with Crippen molar-refractivity contribution in [3.63, 3.8) is 0 Å². The van der Waals surface area contributed by atoms with E-state index in [0.29, 0.717) is 60.3 Å². The zero-order valence-corrected chi connectivity index (χ0v) is 20.1. The molecule has 0 amide bonds. The highest BCUT2D eigenvalue weighted by molar-refractivity contribution is 9.10. The molecule has 1 aromatic heterocycles. The first-order chi connectivity index (χ1) is 15.1. The Bertz CT molecular complexity index is 990. The molecule has 0 bridgehead atoms. The number of aromatic nitrogens is 1. The van der Waals surface area contributed by atoms with Crippen LogP contribution in [-0.4, -0.2) is 24.7 Å². The van der Waals surface area contributed by atoms with Crippen LogP contribution in [0, 0.1) is 0 Å². The Balaban J connectivity index is 1.57. The third kappa shape index (κ3) is 7.28. The van der Waals surface area contributed by atoms with Crippen molar-refractivity contribution in [2.24, 2.45) is 0 Å². The Morgan fingerprint density at radius 1 is 0.968 bits per heavy atom. The highest BCUT2D eigenvalue weighted by atomic mass is 79.9. The molecule has 0 saturated carbocycles. The number of hydrogen-bond acceptors (Lipinski definition) is 5. The minimum Gasteiger partial charge on any atom is -0.490 e. The zero-order valence-electron chi connectivity index (χ0n) is 17.0. The van der Waals surface area contributed by atoms with Crippen LogP contribution in [0.4, 0.5) is 0 Å². The van der Waals surface area contributed by atoms with Crippen molar-refractivity contribution in [2.75, 3.05) is 19.8 Å². The van der Waals surface area contributed by atoms with Gasteiger partial charge in [-0.1, -0.05) is 35.3 Å². The fourth-order valence-corrected chi connectivity index (χ4v) is 3.73. The lowest BCUT2D eigenvalue weighted by Gasteiger charge is -2.16. The fraction of sp³-hybridized carbons (Fsp3) is 0.261. The van der Waals surface area contributed by atoms with Gasteiger partial charge >= 0.3 is 0 Å². The highest BCUT2D eigenvalue weighted by Gasteiger charge is 2.13. The Morgan fingerprint density at radius 3 is 2.58 bits per heavy atom. The summed E-state index contributed by atoms with van der Waals surface area (Å²) in [5, 5.41) is 4.38. The lowest BCUT2D eigenvalue weighted by Crippen LogP contribution is -2.20. The van der Waals surface area contributed by atoms with Crippen molar-refractivity contribution in [3.8, 4) is 17.4 Å². The Hall–Kier alpha value is -1.99. The summed E-state index contributed by atoms with van der Waals surface area (Å²) in [6, 6.07) is 15.0. The summed E-state index contributed by atoms with van der Waals surface area (Å²) in [7, 11) is 0. The van der Waals surface area contributed by atoms with Gasteiger partial charge in [-0.05, 0) is 64.3 Å². The Kier molecular flexibility index (Phi) is 9.28. The van der Waals surface area contributed by atoms with E-state index in [2.05, 4.69) is 26.2 Å². The number of nitrogens with one attached hydrogen (secondary N) is 1. The lowest BCUT2D eigenvalue weighted by molar-refractivity contribution is 0.267. The van der Waals surface area contributed by atoms with Gasteiger partial charge in [0.2, 0.25) is 5.88 Å². The molecule has 0 spiro atoms. The molecule has 0 aliphatic rings. The van der Waals surface area contributed by atoms with E-state index < -0.39 is 0 Å². The minimum atomic E-state index is 0.345. The van der Waals surface area contributed by atoms with E-state index in [1.54, 1.807) is 18.3 Å². The summed E-state index contributed by atoms with van der Waals surface area (Å²) in [6.07, 6.45) is 1.71. The Morgan fingerprint density at radius 2 is 1.84 bits per heavy atom. The number of ether oxygens (including phenoxy) is 3. The van der Waals surface area contributed by atoms with Gasteiger partial charge in [-0.2, -0.15) is 0 Å². The second kappa shape index (κ2) is 12.2. The number of hydrogen-bond donors (Lipinski definition) is 1. The van der Waals surface area contributed by atoms with Crippen molar-refractivity contribution in [1.82, 2.24) is 10.3 Å². The van der Waals surface area contributed by atoms with Crippen LogP contribution in [0.1, 0.15) is 18.1 Å². The topological polar surface area (TPSA) is 52.6 Å². The van der Waals surface area contributed by atoms with Gasteiger partial charge in [-0.25, -0.2) is 4.98 Å². The summed E-state index contributed by atoms with van der Waals surface area (Å²) in [5.41, 5.74) is 1.98. The molecule has 31 heavy (non-hydrogen) atoms. The third-order valence-corrected chi connectivity index (χ3v) is 5.56. The van der Waals surface area contributed by atoms with Crippen molar-refractivity contribution in [3.05, 3.63) is 80.4 Å². The smallest absolute Gasteiger partial charge is 0.213 e. The summed E-state index contributed by atoms with van der Waals surface area (Å²) in [5.74, 6) is 1.95. The molecule has 0 aliphatic carbocycles.